The van der Waals surface area contributed by atoms with Gasteiger partial charge in [0.05, 0.1) is 11.0 Å². The zero-order valence-corrected chi connectivity index (χ0v) is 25.4. The van der Waals surface area contributed by atoms with Crippen LogP contribution in [0.4, 0.5) is 0 Å². The second-order valence-corrected chi connectivity index (χ2v) is 12.8. The van der Waals surface area contributed by atoms with Crippen LogP contribution >= 0.6 is 23.2 Å². The number of likely N-dealkylation sites (tertiary alicyclic amines) is 1. The molecular formula is C36H34Cl2N4O. The Morgan fingerprint density at radius 3 is 2.05 bits per heavy atom. The van der Waals surface area contributed by atoms with Crippen LogP contribution in [-0.4, -0.2) is 33.4 Å². The first kappa shape index (κ1) is 28.1. The predicted octanol–water partition coefficient (Wildman–Crippen LogP) is 8.34. The summed E-state index contributed by atoms with van der Waals surface area (Å²) in [5, 5.41) is 1.46. The lowest BCUT2D eigenvalue weighted by atomic mass is 9.85. The van der Waals surface area contributed by atoms with E-state index in [1.165, 1.54) is 40.9 Å². The molecule has 1 aliphatic heterocycles. The number of imidazole rings is 1. The quantitative estimate of drug-likeness (QED) is 0.180. The average molecular weight is 610 g/mol. The number of rotatable bonds is 8. The van der Waals surface area contributed by atoms with Crippen molar-refractivity contribution < 1.29 is 4.79 Å². The number of hydrogen-bond acceptors (Lipinski definition) is 3. The number of aromatic nitrogens is 2. The van der Waals surface area contributed by atoms with Crippen molar-refractivity contribution in [3.63, 3.8) is 0 Å². The SMILES string of the molecule is NC(=O)c1cccc(CN2CCC(n3c(C4CC4)nc4ccc(C(c5ccc(Cl)cc5)c5ccc(Cl)cc5)cc43)CC2)c1. The van der Waals surface area contributed by atoms with E-state index in [2.05, 4.69) is 58.0 Å². The summed E-state index contributed by atoms with van der Waals surface area (Å²) in [6.45, 7) is 2.81. The topological polar surface area (TPSA) is 64.2 Å². The van der Waals surface area contributed by atoms with Gasteiger partial charge in [-0.3, -0.25) is 9.69 Å². The van der Waals surface area contributed by atoms with Crippen LogP contribution in [0.3, 0.4) is 0 Å². The highest BCUT2D eigenvalue weighted by molar-refractivity contribution is 6.30. The molecular weight excluding hydrogens is 575 g/mol. The zero-order valence-electron chi connectivity index (χ0n) is 23.9. The van der Waals surface area contributed by atoms with Crippen LogP contribution in [0.5, 0.6) is 0 Å². The van der Waals surface area contributed by atoms with Gasteiger partial charge in [-0.1, -0.05) is 65.7 Å². The molecule has 7 rings (SSSR count). The van der Waals surface area contributed by atoms with Crippen molar-refractivity contribution in [2.75, 3.05) is 13.1 Å². The maximum atomic E-state index is 11.7. The fraction of sp³-hybridized carbons (Fsp3) is 0.278. The van der Waals surface area contributed by atoms with Gasteiger partial charge in [-0.25, -0.2) is 4.98 Å². The number of piperidine rings is 1. The second kappa shape index (κ2) is 11.8. The number of amides is 1. The Kier molecular flexibility index (Phi) is 7.72. The van der Waals surface area contributed by atoms with Crippen LogP contribution in [0.25, 0.3) is 11.0 Å². The van der Waals surface area contributed by atoms with Gasteiger partial charge in [0.1, 0.15) is 5.82 Å². The standard InChI is InChI=1S/C36H34Cl2N4O/c37-29-11-6-24(7-12-29)34(25-8-13-30(38)14-9-25)27-10-15-32-33(21-27)42(36(40-32)26-4-5-26)31-16-18-41(19-17-31)22-23-2-1-3-28(20-23)35(39)43/h1-3,6-15,20-21,26,31,34H,4-5,16-19,22H2,(H2,39,43). The summed E-state index contributed by atoms with van der Waals surface area (Å²) >= 11 is 12.6. The molecule has 218 valence electrons. The molecule has 0 atom stereocenters. The van der Waals surface area contributed by atoms with Crippen molar-refractivity contribution in [3.8, 4) is 0 Å². The summed E-state index contributed by atoms with van der Waals surface area (Å²) in [6.07, 6.45) is 4.54. The van der Waals surface area contributed by atoms with E-state index in [0.29, 0.717) is 17.5 Å². The third-order valence-electron chi connectivity index (χ3n) is 8.96. The van der Waals surface area contributed by atoms with Gasteiger partial charge >= 0.3 is 0 Å². The molecule has 1 amide bonds. The molecule has 1 saturated heterocycles. The molecule has 2 fully saturated rings. The number of carbonyl (C=O) groups is 1. The minimum absolute atomic E-state index is 0.0460. The molecule has 2 aliphatic rings. The molecule has 43 heavy (non-hydrogen) atoms. The van der Waals surface area contributed by atoms with E-state index in [-0.39, 0.29) is 11.8 Å². The molecule has 2 heterocycles. The summed E-state index contributed by atoms with van der Waals surface area (Å²) in [4.78, 5) is 19.3. The number of hydrogen-bond donors (Lipinski definition) is 1. The third-order valence-corrected chi connectivity index (χ3v) is 9.47. The summed E-state index contributed by atoms with van der Waals surface area (Å²) in [6, 6.07) is 31.2. The van der Waals surface area contributed by atoms with Gasteiger partial charge in [-0.15, -0.1) is 0 Å². The van der Waals surface area contributed by atoms with Gasteiger partial charge in [-0.2, -0.15) is 0 Å². The summed E-state index contributed by atoms with van der Waals surface area (Å²) in [5.41, 5.74) is 13.1. The Morgan fingerprint density at radius 2 is 1.44 bits per heavy atom. The molecule has 1 aromatic heterocycles. The van der Waals surface area contributed by atoms with Crippen LogP contribution < -0.4 is 5.73 Å². The molecule has 5 nitrogen and oxygen atoms in total. The van der Waals surface area contributed by atoms with Gasteiger partial charge in [0.25, 0.3) is 0 Å². The number of fused-ring (bicyclic) bond motifs is 1. The number of benzene rings is 4. The minimum Gasteiger partial charge on any atom is -0.366 e. The average Bonchev–Trinajstić information content (AvgIpc) is 3.80. The highest BCUT2D eigenvalue weighted by atomic mass is 35.5. The van der Waals surface area contributed by atoms with Crippen LogP contribution in [-0.2, 0) is 6.54 Å². The highest BCUT2D eigenvalue weighted by Gasteiger charge is 2.33. The summed E-state index contributed by atoms with van der Waals surface area (Å²) in [5.74, 6) is 1.46. The molecule has 2 N–H and O–H groups in total. The Hall–Kier alpha value is -3.64. The Balaban J connectivity index is 1.21. The fourth-order valence-electron chi connectivity index (χ4n) is 6.63. The van der Waals surface area contributed by atoms with Crippen LogP contribution in [0.15, 0.2) is 91.0 Å². The molecule has 5 aromatic rings. The lowest BCUT2D eigenvalue weighted by Gasteiger charge is -2.34. The molecule has 0 radical (unpaired) electrons. The molecule has 7 heteroatoms. The van der Waals surface area contributed by atoms with Gasteiger partial charge in [0.15, 0.2) is 0 Å². The normalized spacial score (nSPS) is 16.3. The van der Waals surface area contributed by atoms with Crippen molar-refractivity contribution in [2.45, 2.75) is 50.1 Å². The van der Waals surface area contributed by atoms with Crippen LogP contribution in [0.2, 0.25) is 10.0 Å². The lowest BCUT2D eigenvalue weighted by Crippen LogP contribution is -2.34. The van der Waals surface area contributed by atoms with Gasteiger partial charge in [0, 0.05) is 53.1 Å². The molecule has 1 aliphatic carbocycles. The Bertz CT molecular complexity index is 1720. The highest BCUT2D eigenvalue weighted by Crippen LogP contribution is 2.44. The molecule has 0 spiro atoms. The van der Waals surface area contributed by atoms with Gasteiger partial charge < -0.3 is 10.3 Å². The predicted molar refractivity (Wildman–Crippen MR) is 174 cm³/mol. The summed E-state index contributed by atoms with van der Waals surface area (Å²) in [7, 11) is 0. The maximum Gasteiger partial charge on any atom is 0.248 e. The van der Waals surface area contributed by atoms with E-state index in [4.69, 9.17) is 33.9 Å². The van der Waals surface area contributed by atoms with E-state index < -0.39 is 0 Å². The molecule has 0 unspecified atom stereocenters. The number of carbonyl (C=O) groups excluding carboxylic acids is 1. The lowest BCUT2D eigenvalue weighted by molar-refractivity contribution is 0.1000. The molecule has 4 aromatic carbocycles. The van der Waals surface area contributed by atoms with E-state index in [1.54, 1.807) is 6.07 Å². The third kappa shape index (κ3) is 5.95. The van der Waals surface area contributed by atoms with Crippen molar-refractivity contribution in [1.29, 1.82) is 0 Å². The minimum atomic E-state index is -0.381. The zero-order chi connectivity index (χ0) is 29.5. The van der Waals surface area contributed by atoms with E-state index in [1.807, 2.05) is 36.4 Å². The monoisotopic (exact) mass is 608 g/mol. The van der Waals surface area contributed by atoms with E-state index >= 15 is 0 Å². The maximum absolute atomic E-state index is 11.7. The van der Waals surface area contributed by atoms with E-state index in [9.17, 15) is 4.79 Å². The van der Waals surface area contributed by atoms with Crippen molar-refractivity contribution in [2.24, 2.45) is 5.73 Å². The summed E-state index contributed by atoms with van der Waals surface area (Å²) < 4.78 is 2.57. The molecule has 1 saturated carbocycles. The first-order valence-corrected chi connectivity index (χ1v) is 15.8. The Labute approximate surface area is 262 Å². The number of primary amides is 1. The van der Waals surface area contributed by atoms with Gasteiger partial charge in [0.2, 0.25) is 5.91 Å². The van der Waals surface area contributed by atoms with Gasteiger partial charge in [-0.05, 0) is 96.5 Å². The first-order chi connectivity index (χ1) is 20.9. The van der Waals surface area contributed by atoms with Crippen molar-refractivity contribution in [1.82, 2.24) is 14.5 Å². The van der Waals surface area contributed by atoms with Crippen molar-refractivity contribution >= 4 is 40.1 Å². The van der Waals surface area contributed by atoms with Crippen LogP contribution in [0, 0.1) is 0 Å². The molecule has 0 bridgehead atoms. The smallest absolute Gasteiger partial charge is 0.248 e. The Morgan fingerprint density at radius 1 is 0.814 bits per heavy atom. The second-order valence-electron chi connectivity index (χ2n) is 12.0. The fourth-order valence-corrected chi connectivity index (χ4v) is 6.88. The largest absolute Gasteiger partial charge is 0.366 e. The van der Waals surface area contributed by atoms with Crippen molar-refractivity contribution in [3.05, 3.63) is 135 Å². The number of nitrogens with two attached hydrogens (primary N) is 1. The number of nitrogens with zero attached hydrogens (tertiary/aromatic N) is 3. The first-order valence-electron chi connectivity index (χ1n) is 15.1. The van der Waals surface area contributed by atoms with Crippen LogP contribution in [0.1, 0.15) is 82.0 Å². The van der Waals surface area contributed by atoms with E-state index in [0.717, 1.165) is 53.6 Å². The number of halogens is 2.